The van der Waals surface area contributed by atoms with Crippen molar-refractivity contribution in [1.82, 2.24) is 10.2 Å². The Bertz CT molecular complexity index is 1420. The summed E-state index contributed by atoms with van der Waals surface area (Å²) in [5.74, 6) is -0.954. The lowest BCUT2D eigenvalue weighted by atomic mass is 10.1. The van der Waals surface area contributed by atoms with Crippen LogP contribution >= 0.6 is 11.6 Å². The van der Waals surface area contributed by atoms with E-state index in [1.165, 1.54) is 48.4 Å². The monoisotopic (exact) mass is 589 g/mol. The van der Waals surface area contributed by atoms with Gasteiger partial charge in [-0.1, -0.05) is 43.6 Å². The number of carbonyl (C=O) groups is 2. The second-order valence-corrected chi connectivity index (χ2v) is 11.9. The van der Waals surface area contributed by atoms with Gasteiger partial charge in [0, 0.05) is 18.1 Å². The van der Waals surface area contributed by atoms with E-state index in [1.807, 2.05) is 13.8 Å². The van der Waals surface area contributed by atoms with E-state index in [2.05, 4.69) is 5.32 Å². The largest absolute Gasteiger partial charge is 0.497 e. The van der Waals surface area contributed by atoms with Crippen molar-refractivity contribution < 1.29 is 27.1 Å². The smallest absolute Gasteiger partial charge is 0.264 e. The number of methoxy groups -OCH3 is 1. The number of sulfonamides is 1. The Labute approximate surface area is 239 Å². The first kappa shape index (κ1) is 30.9. The Morgan fingerprint density at radius 3 is 2.17 bits per heavy atom. The normalized spacial score (nSPS) is 12.1. The van der Waals surface area contributed by atoms with Crippen LogP contribution < -0.4 is 14.4 Å². The maximum atomic E-state index is 13.9. The molecule has 0 aromatic heterocycles. The predicted molar refractivity (Wildman–Crippen MR) is 153 cm³/mol. The molecule has 0 aliphatic rings. The highest BCUT2D eigenvalue weighted by atomic mass is 35.5. The Morgan fingerprint density at radius 1 is 0.975 bits per heavy atom. The van der Waals surface area contributed by atoms with Crippen molar-refractivity contribution in [2.75, 3.05) is 24.5 Å². The summed E-state index contributed by atoms with van der Waals surface area (Å²) >= 11 is 6.36. The first-order chi connectivity index (χ1) is 18.9. The molecule has 1 atom stereocenters. The van der Waals surface area contributed by atoms with Crippen LogP contribution in [0.2, 0.25) is 5.02 Å². The molecule has 2 amide bonds. The zero-order valence-corrected chi connectivity index (χ0v) is 24.4. The highest BCUT2D eigenvalue weighted by Crippen LogP contribution is 2.26. The molecule has 0 spiro atoms. The second kappa shape index (κ2) is 13.6. The zero-order valence-electron chi connectivity index (χ0n) is 22.8. The summed E-state index contributed by atoms with van der Waals surface area (Å²) in [6.45, 7) is 5.20. The fourth-order valence-electron chi connectivity index (χ4n) is 3.86. The summed E-state index contributed by atoms with van der Waals surface area (Å²) in [4.78, 5) is 28.1. The quantitative estimate of drug-likeness (QED) is 0.325. The van der Waals surface area contributed by atoms with E-state index < -0.39 is 34.3 Å². The molecule has 0 saturated carbocycles. The first-order valence-corrected chi connectivity index (χ1v) is 14.5. The summed E-state index contributed by atoms with van der Waals surface area (Å²) in [5.41, 5.74) is 0.674. The van der Waals surface area contributed by atoms with Crippen LogP contribution in [0.3, 0.4) is 0 Å². The Hall–Kier alpha value is -3.63. The van der Waals surface area contributed by atoms with E-state index in [1.54, 1.807) is 31.2 Å². The summed E-state index contributed by atoms with van der Waals surface area (Å²) in [5, 5.41) is 3.22. The van der Waals surface area contributed by atoms with Crippen LogP contribution in [-0.4, -0.2) is 51.4 Å². The number of anilines is 1. The minimum absolute atomic E-state index is 0.0331. The van der Waals surface area contributed by atoms with Crippen LogP contribution in [0.1, 0.15) is 26.3 Å². The first-order valence-electron chi connectivity index (χ1n) is 12.7. The number of hydrogen-bond acceptors (Lipinski definition) is 5. The van der Waals surface area contributed by atoms with Gasteiger partial charge in [-0.2, -0.15) is 0 Å². The molecular weight excluding hydrogens is 557 g/mol. The fourth-order valence-corrected chi connectivity index (χ4v) is 5.47. The molecule has 40 heavy (non-hydrogen) atoms. The Kier molecular flexibility index (Phi) is 10.5. The lowest BCUT2D eigenvalue weighted by molar-refractivity contribution is -0.139. The molecule has 0 saturated heterocycles. The van der Waals surface area contributed by atoms with Crippen molar-refractivity contribution in [3.8, 4) is 5.75 Å². The maximum Gasteiger partial charge on any atom is 0.264 e. The second-order valence-electron chi connectivity index (χ2n) is 9.59. The van der Waals surface area contributed by atoms with Crippen molar-refractivity contribution in [2.45, 2.75) is 38.3 Å². The highest BCUT2D eigenvalue weighted by molar-refractivity contribution is 7.92. The number of ether oxygens (including phenoxy) is 1. The molecule has 3 rings (SSSR count). The van der Waals surface area contributed by atoms with Crippen molar-refractivity contribution >= 4 is 39.1 Å². The van der Waals surface area contributed by atoms with E-state index in [9.17, 15) is 22.4 Å². The number of hydrogen-bond donors (Lipinski definition) is 1. The number of benzene rings is 3. The molecular formula is C29H33ClFN3O5S. The third kappa shape index (κ3) is 7.73. The third-order valence-electron chi connectivity index (χ3n) is 6.19. The van der Waals surface area contributed by atoms with Crippen molar-refractivity contribution in [1.29, 1.82) is 0 Å². The van der Waals surface area contributed by atoms with Gasteiger partial charge in [0.15, 0.2) is 0 Å². The molecule has 11 heteroatoms. The molecule has 214 valence electrons. The Morgan fingerprint density at radius 2 is 1.60 bits per heavy atom. The average Bonchev–Trinajstić information content (AvgIpc) is 2.94. The highest BCUT2D eigenvalue weighted by Gasteiger charge is 2.33. The van der Waals surface area contributed by atoms with Gasteiger partial charge in [-0.3, -0.25) is 13.9 Å². The van der Waals surface area contributed by atoms with Gasteiger partial charge in [0.05, 0.1) is 17.7 Å². The summed E-state index contributed by atoms with van der Waals surface area (Å²) in [7, 11) is -2.83. The van der Waals surface area contributed by atoms with Gasteiger partial charge in [-0.15, -0.1) is 0 Å². The van der Waals surface area contributed by atoms with Gasteiger partial charge in [-0.25, -0.2) is 12.8 Å². The van der Waals surface area contributed by atoms with Gasteiger partial charge >= 0.3 is 0 Å². The van der Waals surface area contributed by atoms with E-state index in [-0.39, 0.29) is 29.0 Å². The average molecular weight is 590 g/mol. The molecule has 3 aromatic rings. The van der Waals surface area contributed by atoms with Gasteiger partial charge in [-0.05, 0) is 73.0 Å². The van der Waals surface area contributed by atoms with Crippen LogP contribution in [0.5, 0.6) is 5.75 Å². The number of amides is 2. The van der Waals surface area contributed by atoms with Crippen LogP contribution in [0, 0.1) is 11.7 Å². The molecule has 0 aliphatic carbocycles. The van der Waals surface area contributed by atoms with E-state index >= 15 is 0 Å². The summed E-state index contributed by atoms with van der Waals surface area (Å²) < 4.78 is 47.3. The molecule has 0 heterocycles. The number of nitrogens with zero attached hydrogens (tertiary/aromatic N) is 2. The molecule has 1 N–H and O–H groups in total. The molecule has 8 nitrogen and oxygen atoms in total. The Balaban J connectivity index is 2.02. The number of nitrogens with one attached hydrogen (secondary N) is 1. The van der Waals surface area contributed by atoms with E-state index in [4.69, 9.17) is 16.3 Å². The van der Waals surface area contributed by atoms with E-state index in [0.29, 0.717) is 22.9 Å². The topological polar surface area (TPSA) is 96.0 Å². The van der Waals surface area contributed by atoms with Gasteiger partial charge in [0.1, 0.15) is 24.2 Å². The zero-order chi connectivity index (χ0) is 29.4. The molecule has 3 aromatic carbocycles. The van der Waals surface area contributed by atoms with E-state index in [0.717, 1.165) is 16.4 Å². The minimum Gasteiger partial charge on any atom is -0.497 e. The molecule has 0 fully saturated rings. The van der Waals surface area contributed by atoms with Crippen LogP contribution in [0.25, 0.3) is 0 Å². The van der Waals surface area contributed by atoms with Crippen LogP contribution in [0.4, 0.5) is 10.1 Å². The maximum absolute atomic E-state index is 13.9. The van der Waals surface area contributed by atoms with Crippen molar-refractivity contribution in [3.05, 3.63) is 89.2 Å². The van der Waals surface area contributed by atoms with Crippen molar-refractivity contribution in [2.24, 2.45) is 5.92 Å². The van der Waals surface area contributed by atoms with Crippen LogP contribution in [-0.2, 0) is 26.2 Å². The van der Waals surface area contributed by atoms with Crippen molar-refractivity contribution in [3.63, 3.8) is 0 Å². The standard InChI is InChI=1S/C29H33ClFN3O5S/c1-20(2)17-32-29(36)21(3)33(18-22-7-5-6-8-27(22)30)28(35)19-34(24-11-9-23(31)10-12-24)40(37,38)26-15-13-25(39-4)14-16-26/h5-16,20-21H,17-19H2,1-4H3,(H,32,36). The number of halogens is 2. The number of carbonyl (C=O) groups excluding carboxylic acids is 2. The third-order valence-corrected chi connectivity index (χ3v) is 8.35. The number of rotatable bonds is 12. The summed E-state index contributed by atoms with van der Waals surface area (Å²) in [6, 6.07) is 16.4. The van der Waals surface area contributed by atoms with Gasteiger partial charge in [0.2, 0.25) is 11.8 Å². The minimum atomic E-state index is -4.29. The molecule has 0 radical (unpaired) electrons. The predicted octanol–water partition coefficient (Wildman–Crippen LogP) is 4.87. The summed E-state index contributed by atoms with van der Waals surface area (Å²) in [6.07, 6.45) is 0. The van der Waals surface area contributed by atoms with Gasteiger partial charge in [0.25, 0.3) is 10.0 Å². The fraction of sp³-hybridized carbons (Fsp3) is 0.310. The molecule has 0 bridgehead atoms. The molecule has 0 aliphatic heterocycles. The van der Waals surface area contributed by atoms with Crippen LogP contribution in [0.15, 0.2) is 77.7 Å². The lowest BCUT2D eigenvalue weighted by Gasteiger charge is -2.32. The SMILES string of the molecule is COc1ccc(S(=O)(=O)N(CC(=O)N(Cc2ccccc2Cl)C(C)C(=O)NCC(C)C)c2ccc(F)cc2)cc1. The lowest BCUT2D eigenvalue weighted by Crippen LogP contribution is -2.51. The molecule has 1 unspecified atom stereocenters. The van der Waals surface area contributed by atoms with Gasteiger partial charge < -0.3 is 15.0 Å².